The molecule has 8 nitrogen and oxygen atoms in total. The number of quaternary nitrogens is 1. The van der Waals surface area contributed by atoms with Gasteiger partial charge in [-0.3, -0.25) is 9.36 Å². The number of aliphatic hydroxyl groups is 1. The number of hydrogen-bond donors (Lipinski definition) is 2. The van der Waals surface area contributed by atoms with Crippen LogP contribution in [0.25, 0.3) is 0 Å². The highest BCUT2D eigenvalue weighted by molar-refractivity contribution is 7.45. The van der Waals surface area contributed by atoms with Gasteiger partial charge in [0, 0.05) is 6.42 Å². The molecule has 0 heterocycles. The molecule has 1 amide bonds. The van der Waals surface area contributed by atoms with Crippen molar-refractivity contribution in [3.63, 3.8) is 0 Å². The molecule has 0 fully saturated rings. The molecule has 51 heavy (non-hydrogen) atoms. The largest absolute Gasteiger partial charge is 0.756 e. The molecule has 2 N–H and O–H groups in total. The van der Waals surface area contributed by atoms with E-state index >= 15 is 0 Å². The summed E-state index contributed by atoms with van der Waals surface area (Å²) >= 11 is 0. The molecule has 9 heteroatoms. The first-order valence-corrected chi connectivity index (χ1v) is 23.0. The van der Waals surface area contributed by atoms with Crippen molar-refractivity contribution in [2.45, 2.75) is 212 Å². The zero-order chi connectivity index (χ0) is 37.9. The summed E-state index contributed by atoms with van der Waals surface area (Å²) in [6.45, 7) is 4.65. The molecule has 304 valence electrons. The fourth-order valence-corrected chi connectivity index (χ4v) is 6.99. The van der Waals surface area contributed by atoms with Gasteiger partial charge in [-0.25, -0.2) is 0 Å². The van der Waals surface area contributed by atoms with Crippen molar-refractivity contribution in [3.05, 3.63) is 12.2 Å². The van der Waals surface area contributed by atoms with Crippen molar-refractivity contribution in [1.82, 2.24) is 5.32 Å². The lowest BCUT2D eigenvalue weighted by atomic mass is 10.0. The first-order valence-electron chi connectivity index (χ1n) is 21.6. The van der Waals surface area contributed by atoms with E-state index in [1.165, 1.54) is 141 Å². The molecular weight excluding hydrogens is 659 g/mol. The molecule has 0 aromatic rings. The van der Waals surface area contributed by atoms with Gasteiger partial charge in [-0.1, -0.05) is 187 Å². The number of rotatable bonds is 39. The van der Waals surface area contributed by atoms with Crippen molar-refractivity contribution in [3.8, 4) is 0 Å². The Morgan fingerprint density at radius 3 is 1.47 bits per heavy atom. The van der Waals surface area contributed by atoms with E-state index in [1.807, 2.05) is 27.2 Å². The van der Waals surface area contributed by atoms with E-state index in [0.717, 1.165) is 38.5 Å². The summed E-state index contributed by atoms with van der Waals surface area (Å²) in [6, 6.07) is -0.878. The number of nitrogens with one attached hydrogen (secondary N) is 1. The predicted molar refractivity (Wildman–Crippen MR) is 215 cm³/mol. The number of phosphoric acid groups is 1. The molecule has 0 aromatic heterocycles. The molecule has 0 rings (SSSR count). The minimum atomic E-state index is -4.58. The van der Waals surface area contributed by atoms with Gasteiger partial charge in [-0.05, 0) is 19.3 Å². The van der Waals surface area contributed by atoms with Crippen LogP contribution in [0.2, 0.25) is 0 Å². The van der Waals surface area contributed by atoms with Gasteiger partial charge in [-0.2, -0.15) is 0 Å². The Labute approximate surface area is 316 Å². The Morgan fingerprint density at radius 2 is 1.06 bits per heavy atom. The number of likely N-dealkylation sites (N-methyl/N-ethyl adjacent to an activating group) is 1. The summed E-state index contributed by atoms with van der Waals surface area (Å²) in [5, 5.41) is 13.8. The van der Waals surface area contributed by atoms with Gasteiger partial charge < -0.3 is 28.8 Å². The average molecular weight is 745 g/mol. The maximum atomic E-state index is 12.8. The van der Waals surface area contributed by atoms with Crippen LogP contribution in [-0.4, -0.2) is 68.5 Å². The third-order valence-corrected chi connectivity index (χ3v) is 10.7. The Morgan fingerprint density at radius 1 is 0.667 bits per heavy atom. The zero-order valence-corrected chi connectivity index (χ0v) is 35.2. The van der Waals surface area contributed by atoms with E-state index in [2.05, 4.69) is 19.2 Å². The summed E-state index contributed by atoms with van der Waals surface area (Å²) in [6.07, 6.45) is 38.2. The predicted octanol–water partition coefficient (Wildman–Crippen LogP) is 10.9. The molecule has 0 saturated carbocycles. The van der Waals surface area contributed by atoms with E-state index < -0.39 is 20.0 Å². The maximum absolute atomic E-state index is 12.8. The summed E-state index contributed by atoms with van der Waals surface area (Å²) in [4.78, 5) is 25.2. The highest BCUT2D eigenvalue weighted by Crippen LogP contribution is 2.38. The number of carbonyl (C=O) groups is 1. The van der Waals surface area contributed by atoms with Crippen LogP contribution in [0.5, 0.6) is 0 Å². The normalized spacial score (nSPS) is 14.6. The summed E-state index contributed by atoms with van der Waals surface area (Å²) in [5.41, 5.74) is 0. The van der Waals surface area contributed by atoms with Crippen molar-refractivity contribution in [2.24, 2.45) is 0 Å². The van der Waals surface area contributed by atoms with Gasteiger partial charge in [0.25, 0.3) is 7.82 Å². The van der Waals surface area contributed by atoms with Crippen molar-refractivity contribution >= 4 is 13.7 Å². The third-order valence-electron chi connectivity index (χ3n) is 9.75. The van der Waals surface area contributed by atoms with Crippen molar-refractivity contribution in [2.75, 3.05) is 40.9 Å². The second kappa shape index (κ2) is 35.0. The minimum Gasteiger partial charge on any atom is -0.756 e. The van der Waals surface area contributed by atoms with Crippen LogP contribution in [0, 0.1) is 0 Å². The number of carbonyl (C=O) groups excluding carboxylic acids is 1. The first-order chi connectivity index (χ1) is 24.5. The SMILES string of the molecule is CCCCCCCCCCCCCCCCC/C=C/[C@@H](O)[C@H](COP(=O)([O-])OCC[N+](C)(C)C)NC(=O)CCCCCCCCCCCCCC. The van der Waals surface area contributed by atoms with Gasteiger partial charge >= 0.3 is 0 Å². The fourth-order valence-electron chi connectivity index (χ4n) is 6.27. The molecule has 0 spiro atoms. The monoisotopic (exact) mass is 745 g/mol. The van der Waals surface area contributed by atoms with E-state index in [-0.39, 0.29) is 19.1 Å². The Balaban J connectivity index is 4.43. The molecule has 0 bridgehead atoms. The second-order valence-corrected chi connectivity index (χ2v) is 17.5. The first kappa shape index (κ1) is 50.2. The molecule has 1 unspecified atom stereocenters. The standard InChI is InChI=1S/C42H85N2O6P/c1-6-8-10-12-14-16-18-20-21-22-23-24-25-27-29-31-33-35-41(45)40(39-50-51(47,48)49-38-37-44(3,4)5)43-42(46)36-34-32-30-28-26-19-17-15-13-11-9-7-2/h33,35,40-41,45H,6-32,34,36-39H2,1-5H3,(H-,43,46,47,48)/b35-33+/t40-,41+/m0/s1. The molecular formula is C42H85N2O6P. The van der Waals surface area contributed by atoms with Gasteiger partial charge in [0.2, 0.25) is 5.91 Å². The Bertz CT molecular complexity index is 850. The van der Waals surface area contributed by atoms with E-state index in [4.69, 9.17) is 9.05 Å². The van der Waals surface area contributed by atoms with E-state index in [9.17, 15) is 19.4 Å². The minimum absolute atomic E-state index is 0.00196. The highest BCUT2D eigenvalue weighted by Gasteiger charge is 2.23. The average Bonchev–Trinajstić information content (AvgIpc) is 3.07. The van der Waals surface area contributed by atoms with Crippen LogP contribution < -0.4 is 10.2 Å². The van der Waals surface area contributed by atoms with Crippen LogP contribution in [0.15, 0.2) is 12.2 Å². The van der Waals surface area contributed by atoms with Gasteiger partial charge in [0.15, 0.2) is 0 Å². The Kier molecular flexibility index (Phi) is 34.5. The number of nitrogens with zero attached hydrogens (tertiary/aromatic N) is 1. The molecule has 0 aliphatic carbocycles. The summed E-state index contributed by atoms with van der Waals surface area (Å²) < 4.78 is 23.2. The van der Waals surface area contributed by atoms with E-state index in [0.29, 0.717) is 17.4 Å². The van der Waals surface area contributed by atoms with Crippen LogP contribution in [0.3, 0.4) is 0 Å². The number of allylic oxidation sites excluding steroid dienone is 1. The molecule has 3 atom stereocenters. The Hall–Kier alpha value is -0.760. The lowest BCUT2D eigenvalue weighted by molar-refractivity contribution is -0.870. The van der Waals surface area contributed by atoms with Gasteiger partial charge in [-0.15, -0.1) is 0 Å². The molecule has 0 aromatic carbocycles. The number of aliphatic hydroxyl groups excluding tert-OH is 1. The van der Waals surface area contributed by atoms with Gasteiger partial charge in [0.1, 0.15) is 13.2 Å². The lowest BCUT2D eigenvalue weighted by Gasteiger charge is -2.29. The number of phosphoric ester groups is 1. The summed E-state index contributed by atoms with van der Waals surface area (Å²) in [5.74, 6) is -0.197. The van der Waals surface area contributed by atoms with Crippen LogP contribution in [0.1, 0.15) is 200 Å². The number of unbranched alkanes of at least 4 members (excludes halogenated alkanes) is 26. The summed E-state index contributed by atoms with van der Waals surface area (Å²) in [7, 11) is 1.27. The second-order valence-electron chi connectivity index (χ2n) is 16.1. The quantitative estimate of drug-likeness (QED) is 0.0281. The fraction of sp³-hybridized carbons (Fsp3) is 0.929. The molecule has 0 aliphatic heterocycles. The smallest absolute Gasteiger partial charge is 0.268 e. The number of hydrogen-bond acceptors (Lipinski definition) is 6. The van der Waals surface area contributed by atoms with Crippen LogP contribution in [0.4, 0.5) is 0 Å². The number of amides is 1. The molecule has 0 radical (unpaired) electrons. The van der Waals surface area contributed by atoms with Crippen LogP contribution in [-0.2, 0) is 18.4 Å². The maximum Gasteiger partial charge on any atom is 0.268 e. The molecule has 0 saturated heterocycles. The topological polar surface area (TPSA) is 108 Å². The van der Waals surface area contributed by atoms with Crippen molar-refractivity contribution in [1.29, 1.82) is 0 Å². The molecule has 0 aliphatic rings. The van der Waals surface area contributed by atoms with Gasteiger partial charge in [0.05, 0.1) is 39.9 Å². The zero-order valence-electron chi connectivity index (χ0n) is 34.3. The lowest BCUT2D eigenvalue weighted by Crippen LogP contribution is -2.45. The highest BCUT2D eigenvalue weighted by atomic mass is 31.2. The van der Waals surface area contributed by atoms with Crippen molar-refractivity contribution < 1.29 is 32.9 Å². The third kappa shape index (κ3) is 37.4. The van der Waals surface area contributed by atoms with E-state index in [1.54, 1.807) is 6.08 Å². The van der Waals surface area contributed by atoms with Crippen LogP contribution >= 0.6 is 7.82 Å².